The molecular weight excluding hydrogens is 482 g/mol. The number of fused-ring (bicyclic) bond motifs is 1. The number of nitrogens with one attached hydrogen (secondary N) is 1. The minimum absolute atomic E-state index is 0.102. The predicted molar refractivity (Wildman–Crippen MR) is 148 cm³/mol. The molecule has 7 heteroatoms. The molecule has 3 aromatic carbocycles. The van der Waals surface area contributed by atoms with E-state index in [-0.39, 0.29) is 23.6 Å². The summed E-state index contributed by atoms with van der Waals surface area (Å²) in [4.78, 5) is 40.0. The average Bonchev–Trinajstić information content (AvgIpc) is 3.40. The first-order chi connectivity index (χ1) is 18.1. The van der Waals surface area contributed by atoms with Crippen molar-refractivity contribution in [2.75, 3.05) is 6.54 Å². The second-order valence-corrected chi connectivity index (χ2v) is 9.91. The maximum atomic E-state index is 13.0. The molecule has 0 radical (unpaired) electrons. The van der Waals surface area contributed by atoms with Gasteiger partial charge in [-0.25, -0.2) is 0 Å². The van der Waals surface area contributed by atoms with Crippen LogP contribution in [-0.2, 0) is 29.1 Å². The van der Waals surface area contributed by atoms with Gasteiger partial charge in [0.05, 0.1) is 4.91 Å². The van der Waals surface area contributed by atoms with Gasteiger partial charge in [0.15, 0.2) is 0 Å². The van der Waals surface area contributed by atoms with E-state index in [4.69, 9.17) is 0 Å². The molecule has 0 bridgehead atoms. The lowest BCUT2D eigenvalue weighted by Gasteiger charge is -2.12. The van der Waals surface area contributed by atoms with Crippen molar-refractivity contribution in [2.24, 2.45) is 0 Å². The molecule has 1 aliphatic heterocycles. The summed E-state index contributed by atoms with van der Waals surface area (Å²) in [6.07, 6.45) is 5.16. The minimum atomic E-state index is -0.263. The van der Waals surface area contributed by atoms with Crippen molar-refractivity contribution in [3.05, 3.63) is 113 Å². The van der Waals surface area contributed by atoms with Gasteiger partial charge < -0.3 is 9.88 Å². The van der Waals surface area contributed by atoms with Crippen molar-refractivity contribution in [2.45, 2.75) is 25.9 Å². The number of carbonyl (C=O) groups is 3. The Morgan fingerprint density at radius 1 is 0.865 bits per heavy atom. The summed E-state index contributed by atoms with van der Waals surface area (Å²) in [6, 6.07) is 27.6. The second-order valence-electron chi connectivity index (χ2n) is 8.91. The molecule has 0 atom stereocenters. The number of nitrogens with zero attached hydrogens (tertiary/aromatic N) is 2. The summed E-state index contributed by atoms with van der Waals surface area (Å²) in [7, 11) is 0. The van der Waals surface area contributed by atoms with E-state index < -0.39 is 0 Å². The first kappa shape index (κ1) is 24.6. The monoisotopic (exact) mass is 509 g/mol. The zero-order chi connectivity index (χ0) is 25.6. The van der Waals surface area contributed by atoms with Crippen molar-refractivity contribution in [3.63, 3.8) is 0 Å². The van der Waals surface area contributed by atoms with Crippen molar-refractivity contribution in [1.29, 1.82) is 0 Å². The number of benzene rings is 3. The first-order valence-electron chi connectivity index (χ1n) is 12.3. The maximum Gasteiger partial charge on any atom is 0.293 e. The number of thioether (sulfide) groups is 1. The van der Waals surface area contributed by atoms with Gasteiger partial charge in [0.25, 0.3) is 11.1 Å². The third-order valence-corrected chi connectivity index (χ3v) is 7.22. The highest BCUT2D eigenvalue weighted by molar-refractivity contribution is 8.18. The zero-order valence-electron chi connectivity index (χ0n) is 20.3. The molecule has 6 nitrogen and oxygen atoms in total. The Morgan fingerprint density at radius 2 is 1.54 bits per heavy atom. The van der Waals surface area contributed by atoms with Gasteiger partial charge in [0, 0.05) is 35.8 Å². The number of rotatable bonds is 9. The zero-order valence-corrected chi connectivity index (χ0v) is 21.1. The van der Waals surface area contributed by atoms with E-state index in [0.29, 0.717) is 24.4 Å². The molecule has 0 saturated carbocycles. The van der Waals surface area contributed by atoms with Crippen LogP contribution in [0.3, 0.4) is 0 Å². The molecule has 0 spiro atoms. The van der Waals surface area contributed by atoms with E-state index in [1.165, 1.54) is 10.5 Å². The Labute approximate surface area is 220 Å². The number of carbonyl (C=O) groups excluding carboxylic acids is 3. The van der Waals surface area contributed by atoms with Gasteiger partial charge in [-0.15, -0.1) is 0 Å². The van der Waals surface area contributed by atoms with Crippen molar-refractivity contribution in [1.82, 2.24) is 14.8 Å². The topological polar surface area (TPSA) is 71.4 Å². The lowest BCUT2D eigenvalue weighted by molar-refractivity contribution is -0.123. The minimum Gasteiger partial charge on any atom is -0.350 e. The molecule has 5 rings (SSSR count). The van der Waals surface area contributed by atoms with Gasteiger partial charge in [-0.3, -0.25) is 19.3 Å². The van der Waals surface area contributed by atoms with Crippen LogP contribution in [0.4, 0.5) is 4.79 Å². The van der Waals surface area contributed by atoms with Gasteiger partial charge >= 0.3 is 0 Å². The van der Waals surface area contributed by atoms with Crippen LogP contribution in [0, 0.1) is 0 Å². The Kier molecular flexibility index (Phi) is 7.51. The number of imide groups is 1. The van der Waals surface area contributed by atoms with Crippen LogP contribution < -0.4 is 5.32 Å². The van der Waals surface area contributed by atoms with E-state index in [9.17, 15) is 14.4 Å². The molecular formula is C30H27N3O3S. The summed E-state index contributed by atoms with van der Waals surface area (Å²) >= 11 is 0.970. The van der Waals surface area contributed by atoms with E-state index in [1.807, 2.05) is 95.7 Å². The predicted octanol–water partition coefficient (Wildman–Crippen LogP) is 5.63. The molecule has 1 aromatic heterocycles. The molecule has 1 N–H and O–H groups in total. The molecule has 1 aliphatic rings. The molecule has 0 unspecified atom stereocenters. The molecule has 1 saturated heterocycles. The molecule has 37 heavy (non-hydrogen) atoms. The highest BCUT2D eigenvalue weighted by Gasteiger charge is 2.34. The van der Waals surface area contributed by atoms with Crippen LogP contribution in [0.15, 0.2) is 96.0 Å². The van der Waals surface area contributed by atoms with Crippen molar-refractivity contribution in [3.8, 4) is 0 Å². The summed E-state index contributed by atoms with van der Waals surface area (Å²) in [5.41, 5.74) is 3.92. The summed E-state index contributed by atoms with van der Waals surface area (Å²) < 4.78 is 1.88. The summed E-state index contributed by atoms with van der Waals surface area (Å²) in [5.74, 6) is -0.365. The number of aromatic nitrogens is 1. The van der Waals surface area contributed by atoms with E-state index >= 15 is 0 Å². The van der Waals surface area contributed by atoms with E-state index in [2.05, 4.69) is 5.32 Å². The number of para-hydroxylation sites is 1. The van der Waals surface area contributed by atoms with E-state index in [0.717, 1.165) is 40.2 Å². The Balaban J connectivity index is 1.28. The van der Waals surface area contributed by atoms with Crippen LogP contribution in [0.2, 0.25) is 0 Å². The quantitative estimate of drug-likeness (QED) is 0.297. The molecule has 186 valence electrons. The average molecular weight is 510 g/mol. The lowest BCUT2D eigenvalue weighted by atomic mass is 10.1. The first-order valence-corrected chi connectivity index (χ1v) is 13.1. The third-order valence-electron chi connectivity index (χ3n) is 6.32. The number of aryl methyl sites for hydroxylation is 1. The Morgan fingerprint density at radius 3 is 2.30 bits per heavy atom. The fourth-order valence-corrected chi connectivity index (χ4v) is 5.30. The standard InChI is InChI=1S/C30H27N3O3S/c34-28(31-19-23-12-5-2-6-13-23)21-32-20-24(25-15-7-8-16-26(25)32)18-27-29(35)33(30(36)37-27)17-9-14-22-10-3-1-4-11-22/h1-8,10-13,15-16,18,20H,9,14,17,19,21H2,(H,31,34)/b27-18-. The highest BCUT2D eigenvalue weighted by Crippen LogP contribution is 2.34. The van der Waals surface area contributed by atoms with Crippen LogP contribution in [-0.4, -0.2) is 33.1 Å². The number of hydrogen-bond acceptors (Lipinski definition) is 4. The highest BCUT2D eigenvalue weighted by atomic mass is 32.2. The van der Waals surface area contributed by atoms with Crippen LogP contribution in [0.25, 0.3) is 17.0 Å². The lowest BCUT2D eigenvalue weighted by Crippen LogP contribution is -2.29. The SMILES string of the molecule is O=C(Cn1cc(/C=C2\SC(=O)N(CCCc3ccccc3)C2=O)c2ccccc21)NCc1ccccc1. The second kappa shape index (κ2) is 11.3. The van der Waals surface area contributed by atoms with Crippen molar-refractivity contribution < 1.29 is 14.4 Å². The van der Waals surface area contributed by atoms with E-state index in [1.54, 1.807) is 6.08 Å². The van der Waals surface area contributed by atoms with Crippen LogP contribution in [0.1, 0.15) is 23.1 Å². The molecule has 1 fully saturated rings. The van der Waals surface area contributed by atoms with Crippen LogP contribution >= 0.6 is 11.8 Å². The fourth-order valence-electron chi connectivity index (χ4n) is 4.45. The van der Waals surface area contributed by atoms with Gasteiger partial charge in [0.2, 0.25) is 5.91 Å². The Hall–Kier alpha value is -4.10. The summed E-state index contributed by atoms with van der Waals surface area (Å²) in [5, 5.41) is 3.64. The molecule has 3 amide bonds. The Bertz CT molecular complexity index is 1460. The largest absolute Gasteiger partial charge is 0.350 e. The number of hydrogen-bond donors (Lipinski definition) is 1. The van der Waals surface area contributed by atoms with Gasteiger partial charge in [-0.05, 0) is 47.9 Å². The molecule has 0 aliphatic carbocycles. The van der Waals surface area contributed by atoms with Crippen molar-refractivity contribution >= 4 is 45.8 Å². The molecule has 2 heterocycles. The number of amides is 3. The smallest absolute Gasteiger partial charge is 0.293 e. The molecule has 4 aromatic rings. The maximum absolute atomic E-state index is 13.0. The fraction of sp³-hybridized carbons (Fsp3) is 0.167. The third kappa shape index (κ3) is 5.84. The van der Waals surface area contributed by atoms with Gasteiger partial charge in [-0.2, -0.15) is 0 Å². The normalized spacial score (nSPS) is 14.6. The van der Waals surface area contributed by atoms with Crippen LogP contribution in [0.5, 0.6) is 0 Å². The van der Waals surface area contributed by atoms with Gasteiger partial charge in [0.1, 0.15) is 6.54 Å². The summed E-state index contributed by atoms with van der Waals surface area (Å²) in [6.45, 7) is 1.01. The van der Waals surface area contributed by atoms with Gasteiger partial charge in [-0.1, -0.05) is 78.9 Å².